The van der Waals surface area contributed by atoms with Crippen molar-refractivity contribution in [3.05, 3.63) is 90.5 Å². The van der Waals surface area contributed by atoms with Gasteiger partial charge in [0.25, 0.3) is 0 Å². The van der Waals surface area contributed by atoms with Gasteiger partial charge in [-0.2, -0.15) is 5.26 Å². The van der Waals surface area contributed by atoms with Crippen LogP contribution >= 0.6 is 0 Å². The van der Waals surface area contributed by atoms with E-state index >= 15 is 0 Å². The number of benzene rings is 2. The molecule has 1 aromatic heterocycles. The van der Waals surface area contributed by atoms with E-state index in [1.165, 1.54) is 0 Å². The van der Waals surface area contributed by atoms with E-state index in [2.05, 4.69) is 11.1 Å². The monoisotopic (exact) mass is 287 g/mol. The lowest BCUT2D eigenvalue weighted by molar-refractivity contribution is 0.521. The average Bonchev–Trinajstić information content (AvgIpc) is 3.11. The molecule has 0 aliphatic heterocycles. The maximum absolute atomic E-state index is 10.0. The number of aryl methyl sites for hydroxylation is 1. The lowest BCUT2D eigenvalue weighted by Crippen LogP contribution is -2.27. The van der Waals surface area contributed by atoms with Gasteiger partial charge in [-0.1, -0.05) is 60.7 Å². The van der Waals surface area contributed by atoms with Gasteiger partial charge in [-0.05, 0) is 17.5 Å². The van der Waals surface area contributed by atoms with Crippen LogP contribution < -0.4 is 0 Å². The van der Waals surface area contributed by atoms with Crippen LogP contribution in [0.25, 0.3) is 0 Å². The van der Waals surface area contributed by atoms with Crippen LogP contribution in [0, 0.1) is 11.3 Å². The van der Waals surface area contributed by atoms with Gasteiger partial charge in [0.15, 0.2) is 0 Å². The normalized spacial score (nSPS) is 11.0. The first-order chi connectivity index (χ1) is 10.8. The van der Waals surface area contributed by atoms with Crippen molar-refractivity contribution in [2.45, 2.75) is 18.4 Å². The highest BCUT2D eigenvalue weighted by atomic mass is 15.0. The van der Waals surface area contributed by atoms with Gasteiger partial charge >= 0.3 is 0 Å². The lowest BCUT2D eigenvalue weighted by atomic mass is 9.73. The predicted molar refractivity (Wildman–Crippen MR) is 86.1 cm³/mol. The third-order valence-electron chi connectivity index (χ3n) is 4.03. The second-order valence-electron chi connectivity index (χ2n) is 5.30. The molecular formula is C19H17N3. The zero-order valence-corrected chi connectivity index (χ0v) is 12.3. The van der Waals surface area contributed by atoms with E-state index in [0.717, 1.165) is 17.7 Å². The summed E-state index contributed by atoms with van der Waals surface area (Å²) in [6.45, 7) is 0.747. The Hall–Kier alpha value is -2.86. The van der Waals surface area contributed by atoms with Gasteiger partial charge < -0.3 is 4.57 Å². The molecule has 1 heterocycles. The average molecular weight is 287 g/mol. The van der Waals surface area contributed by atoms with Crippen LogP contribution in [0.5, 0.6) is 0 Å². The molecule has 0 atom stereocenters. The van der Waals surface area contributed by atoms with E-state index in [-0.39, 0.29) is 0 Å². The van der Waals surface area contributed by atoms with Gasteiger partial charge in [-0.25, -0.2) is 4.98 Å². The van der Waals surface area contributed by atoms with Gasteiger partial charge in [-0.15, -0.1) is 0 Å². The van der Waals surface area contributed by atoms with Crippen molar-refractivity contribution in [2.24, 2.45) is 0 Å². The summed E-state index contributed by atoms with van der Waals surface area (Å²) in [5.74, 6) is 0. The van der Waals surface area contributed by atoms with Gasteiger partial charge in [0.1, 0.15) is 5.41 Å². The first kappa shape index (κ1) is 14.1. The maximum atomic E-state index is 10.0. The van der Waals surface area contributed by atoms with Crippen molar-refractivity contribution in [3.8, 4) is 6.07 Å². The SMILES string of the molecule is N#CC(CCn1ccnc1)(c1ccccc1)c1ccccc1. The van der Waals surface area contributed by atoms with Crippen LogP contribution in [0.2, 0.25) is 0 Å². The molecule has 0 aliphatic rings. The number of hydrogen-bond acceptors (Lipinski definition) is 2. The van der Waals surface area contributed by atoms with Gasteiger partial charge in [-0.3, -0.25) is 0 Å². The highest BCUT2D eigenvalue weighted by molar-refractivity contribution is 5.45. The molecule has 0 radical (unpaired) electrons. The molecule has 0 N–H and O–H groups in total. The van der Waals surface area contributed by atoms with Crippen molar-refractivity contribution in [1.29, 1.82) is 5.26 Å². The Labute approximate surface area is 130 Å². The van der Waals surface area contributed by atoms with E-state index in [0.29, 0.717) is 6.42 Å². The van der Waals surface area contributed by atoms with Crippen LogP contribution in [0.4, 0.5) is 0 Å². The Morgan fingerprint density at radius 2 is 1.55 bits per heavy atom. The minimum absolute atomic E-state index is 0.646. The predicted octanol–water partition coefficient (Wildman–Crippen LogP) is 3.78. The molecule has 3 nitrogen and oxygen atoms in total. The number of aromatic nitrogens is 2. The molecule has 0 spiro atoms. The summed E-state index contributed by atoms with van der Waals surface area (Å²) < 4.78 is 2.01. The first-order valence-electron chi connectivity index (χ1n) is 7.33. The Balaban J connectivity index is 2.03. The molecule has 0 amide bonds. The van der Waals surface area contributed by atoms with Crippen molar-refractivity contribution >= 4 is 0 Å². The molecule has 0 saturated heterocycles. The fourth-order valence-corrected chi connectivity index (χ4v) is 2.80. The van der Waals surface area contributed by atoms with Crippen molar-refractivity contribution in [2.75, 3.05) is 0 Å². The van der Waals surface area contributed by atoms with E-state index in [9.17, 15) is 5.26 Å². The van der Waals surface area contributed by atoms with Crippen LogP contribution in [-0.4, -0.2) is 9.55 Å². The number of hydrogen-bond donors (Lipinski definition) is 0. The first-order valence-corrected chi connectivity index (χ1v) is 7.33. The molecule has 3 aromatic rings. The number of nitrogens with zero attached hydrogens (tertiary/aromatic N) is 3. The number of imidazole rings is 1. The summed E-state index contributed by atoms with van der Waals surface area (Å²) in [7, 11) is 0. The maximum Gasteiger partial charge on any atom is 0.109 e. The molecule has 0 unspecified atom stereocenters. The molecule has 0 fully saturated rings. The molecule has 0 aliphatic carbocycles. The zero-order chi connectivity index (χ0) is 15.3. The standard InChI is InChI=1S/C19H17N3/c20-15-19(17-7-3-1-4-8-17,18-9-5-2-6-10-18)11-13-22-14-12-21-16-22/h1-10,12,14,16H,11,13H2. The fraction of sp³-hybridized carbons (Fsp3) is 0.158. The molecule has 2 aromatic carbocycles. The van der Waals surface area contributed by atoms with E-state index in [1.54, 1.807) is 12.5 Å². The molecule has 0 bridgehead atoms. The van der Waals surface area contributed by atoms with Crippen LogP contribution in [-0.2, 0) is 12.0 Å². The van der Waals surface area contributed by atoms with Crippen molar-refractivity contribution in [1.82, 2.24) is 9.55 Å². The summed E-state index contributed by atoms with van der Waals surface area (Å²) in [6, 6.07) is 22.6. The quantitative estimate of drug-likeness (QED) is 0.716. The van der Waals surface area contributed by atoms with Gasteiger partial charge in [0, 0.05) is 18.9 Å². The smallest absolute Gasteiger partial charge is 0.109 e. The van der Waals surface area contributed by atoms with Crippen molar-refractivity contribution in [3.63, 3.8) is 0 Å². The number of nitriles is 1. The third kappa shape index (κ3) is 2.64. The Morgan fingerprint density at radius 1 is 0.955 bits per heavy atom. The Kier molecular flexibility index (Phi) is 4.02. The molecular weight excluding hydrogens is 270 g/mol. The zero-order valence-electron chi connectivity index (χ0n) is 12.3. The highest BCUT2D eigenvalue weighted by Gasteiger charge is 2.34. The third-order valence-corrected chi connectivity index (χ3v) is 4.03. The topological polar surface area (TPSA) is 41.6 Å². The molecule has 3 heteroatoms. The summed E-state index contributed by atoms with van der Waals surface area (Å²) in [4.78, 5) is 4.07. The lowest BCUT2D eigenvalue weighted by Gasteiger charge is -2.28. The van der Waals surface area contributed by atoms with E-state index in [4.69, 9.17) is 0 Å². The fourth-order valence-electron chi connectivity index (χ4n) is 2.80. The minimum Gasteiger partial charge on any atom is -0.337 e. The molecule has 0 saturated carbocycles. The minimum atomic E-state index is -0.646. The van der Waals surface area contributed by atoms with Gasteiger partial charge in [0.05, 0.1) is 12.4 Å². The summed E-state index contributed by atoms with van der Waals surface area (Å²) in [5, 5.41) is 10.0. The van der Waals surface area contributed by atoms with Crippen LogP contribution in [0.1, 0.15) is 17.5 Å². The van der Waals surface area contributed by atoms with Gasteiger partial charge in [0.2, 0.25) is 0 Å². The highest BCUT2D eigenvalue weighted by Crippen LogP contribution is 2.35. The second kappa shape index (κ2) is 6.28. The largest absolute Gasteiger partial charge is 0.337 e. The summed E-state index contributed by atoms with van der Waals surface area (Å²) >= 11 is 0. The second-order valence-corrected chi connectivity index (χ2v) is 5.30. The van der Waals surface area contributed by atoms with Crippen LogP contribution in [0.3, 0.4) is 0 Å². The molecule has 3 rings (SSSR count). The Bertz CT molecular complexity index is 701. The van der Waals surface area contributed by atoms with E-state index < -0.39 is 5.41 Å². The molecule has 108 valence electrons. The van der Waals surface area contributed by atoms with E-state index in [1.807, 2.05) is 71.4 Å². The number of rotatable bonds is 5. The van der Waals surface area contributed by atoms with Crippen molar-refractivity contribution < 1.29 is 0 Å². The molecule has 22 heavy (non-hydrogen) atoms. The summed E-state index contributed by atoms with van der Waals surface area (Å²) in [5.41, 5.74) is 1.42. The summed E-state index contributed by atoms with van der Waals surface area (Å²) in [6.07, 6.45) is 6.18. The van der Waals surface area contributed by atoms with Crippen LogP contribution in [0.15, 0.2) is 79.4 Å². The Morgan fingerprint density at radius 3 is 2.00 bits per heavy atom.